The van der Waals surface area contributed by atoms with Gasteiger partial charge in [-0.15, -0.1) is 0 Å². The second-order valence-electron chi connectivity index (χ2n) is 7.19. The number of hydrogen-bond donors (Lipinski definition) is 1. The highest BCUT2D eigenvalue weighted by Gasteiger charge is 2.26. The number of rotatable bonds is 4. The molecule has 1 fully saturated rings. The molecule has 4 heteroatoms. The van der Waals surface area contributed by atoms with Crippen molar-refractivity contribution in [3.63, 3.8) is 0 Å². The van der Waals surface area contributed by atoms with E-state index in [1.54, 1.807) is 12.4 Å². The van der Waals surface area contributed by atoms with Crippen LogP contribution in [-0.2, 0) is 24.1 Å². The zero-order valence-electron chi connectivity index (χ0n) is 14.6. The smallest absolute Gasteiger partial charge is 0.228 e. The van der Waals surface area contributed by atoms with Gasteiger partial charge in [-0.3, -0.25) is 14.7 Å². The molecule has 1 aliphatic heterocycles. The minimum Gasteiger partial charge on any atom is -0.324 e. The summed E-state index contributed by atoms with van der Waals surface area (Å²) in [6.45, 7) is 2.33. The van der Waals surface area contributed by atoms with Crippen molar-refractivity contribution in [2.45, 2.75) is 44.6 Å². The average Bonchev–Trinajstić information content (AvgIpc) is 2.77. The maximum atomic E-state index is 12.3. The lowest BCUT2D eigenvalue weighted by atomic mass is 9.91. The molecule has 2 heterocycles. The Hall–Kier alpha value is -2.20. The van der Waals surface area contributed by atoms with E-state index >= 15 is 0 Å². The van der Waals surface area contributed by atoms with Crippen LogP contribution in [0.1, 0.15) is 36.0 Å². The van der Waals surface area contributed by atoms with Crippen molar-refractivity contribution in [3.8, 4) is 0 Å². The quantitative estimate of drug-likeness (QED) is 0.933. The van der Waals surface area contributed by atoms with Crippen molar-refractivity contribution >= 4 is 11.6 Å². The van der Waals surface area contributed by atoms with Gasteiger partial charge < -0.3 is 5.32 Å². The summed E-state index contributed by atoms with van der Waals surface area (Å²) < 4.78 is 0. The molecule has 1 aromatic carbocycles. The Kier molecular flexibility index (Phi) is 4.79. The predicted molar refractivity (Wildman–Crippen MR) is 99.6 cm³/mol. The van der Waals surface area contributed by atoms with Crippen molar-refractivity contribution in [2.24, 2.45) is 0 Å². The van der Waals surface area contributed by atoms with E-state index in [0.29, 0.717) is 6.42 Å². The molecule has 0 spiro atoms. The number of nitrogens with zero attached hydrogens (tertiary/aromatic N) is 2. The average molecular weight is 335 g/mol. The molecule has 0 radical (unpaired) electrons. The van der Waals surface area contributed by atoms with E-state index in [4.69, 9.17) is 0 Å². The van der Waals surface area contributed by atoms with Crippen LogP contribution in [0.5, 0.6) is 0 Å². The summed E-state index contributed by atoms with van der Waals surface area (Å²) in [7, 11) is 0. The largest absolute Gasteiger partial charge is 0.324 e. The van der Waals surface area contributed by atoms with Crippen LogP contribution in [-0.4, -0.2) is 34.9 Å². The number of carbonyl (C=O) groups is 1. The van der Waals surface area contributed by atoms with Gasteiger partial charge in [-0.05, 0) is 54.5 Å². The number of hydrogen-bond acceptors (Lipinski definition) is 3. The maximum absolute atomic E-state index is 12.3. The minimum atomic E-state index is 0.0117. The van der Waals surface area contributed by atoms with Crippen LogP contribution < -0.4 is 5.32 Å². The first kappa shape index (κ1) is 16.3. The molecule has 25 heavy (non-hydrogen) atoms. The SMILES string of the molecule is O=C(Cc1ccc2c(c1)CCN(C1CCC1)CC2)Nc1cccnc1. The number of pyridine rings is 1. The molecule has 1 N–H and O–H groups in total. The number of anilines is 1. The standard InChI is InChI=1S/C21H25N3O/c25-21(23-19-3-2-10-22-15-19)14-16-6-7-17-8-11-24(20-4-1-5-20)12-9-18(17)13-16/h2-3,6-7,10,13,15,20H,1,4-5,8-9,11-12,14H2,(H,23,25). The van der Waals surface area contributed by atoms with Gasteiger partial charge in [0.2, 0.25) is 5.91 Å². The fraction of sp³-hybridized carbons (Fsp3) is 0.429. The summed E-state index contributed by atoms with van der Waals surface area (Å²) in [5.41, 5.74) is 4.72. The Morgan fingerprint density at radius 3 is 2.72 bits per heavy atom. The third-order valence-corrected chi connectivity index (χ3v) is 5.51. The Morgan fingerprint density at radius 2 is 2.00 bits per heavy atom. The predicted octanol–water partition coefficient (Wildman–Crippen LogP) is 3.22. The molecule has 0 atom stereocenters. The van der Waals surface area contributed by atoms with Crippen LogP contribution in [0.3, 0.4) is 0 Å². The summed E-state index contributed by atoms with van der Waals surface area (Å²) in [6, 6.07) is 11.1. The molecule has 4 rings (SSSR count). The molecule has 0 unspecified atom stereocenters. The second kappa shape index (κ2) is 7.36. The zero-order valence-corrected chi connectivity index (χ0v) is 14.6. The van der Waals surface area contributed by atoms with Crippen LogP contribution in [0.25, 0.3) is 0 Å². The first-order valence-electron chi connectivity index (χ1n) is 9.32. The summed E-state index contributed by atoms with van der Waals surface area (Å²) in [5.74, 6) is 0.0117. The Balaban J connectivity index is 1.39. The Bertz CT molecular complexity index is 740. The number of fused-ring (bicyclic) bond motifs is 1. The molecule has 0 saturated heterocycles. The summed E-state index contributed by atoms with van der Waals surface area (Å²) >= 11 is 0. The highest BCUT2D eigenvalue weighted by molar-refractivity contribution is 5.92. The molecule has 0 bridgehead atoms. The van der Waals surface area contributed by atoms with Crippen LogP contribution in [0, 0.1) is 0 Å². The third-order valence-electron chi connectivity index (χ3n) is 5.51. The van der Waals surface area contributed by atoms with Crippen LogP contribution >= 0.6 is 0 Å². The number of nitrogens with one attached hydrogen (secondary N) is 1. The van der Waals surface area contributed by atoms with Gasteiger partial charge >= 0.3 is 0 Å². The van der Waals surface area contributed by atoms with Gasteiger partial charge in [0.25, 0.3) is 0 Å². The highest BCUT2D eigenvalue weighted by Crippen LogP contribution is 2.27. The molecule has 2 aromatic rings. The van der Waals surface area contributed by atoms with E-state index in [1.807, 2.05) is 12.1 Å². The molecule has 1 aliphatic carbocycles. The normalized spacial score (nSPS) is 18.1. The zero-order chi connectivity index (χ0) is 17.1. The van der Waals surface area contributed by atoms with Gasteiger partial charge in [0.15, 0.2) is 0 Å². The van der Waals surface area contributed by atoms with E-state index in [0.717, 1.165) is 36.7 Å². The van der Waals surface area contributed by atoms with E-state index in [-0.39, 0.29) is 5.91 Å². The topological polar surface area (TPSA) is 45.2 Å². The lowest BCUT2D eigenvalue weighted by molar-refractivity contribution is -0.115. The van der Waals surface area contributed by atoms with Gasteiger partial charge in [0, 0.05) is 25.3 Å². The van der Waals surface area contributed by atoms with Crippen molar-refractivity contribution in [2.75, 3.05) is 18.4 Å². The van der Waals surface area contributed by atoms with Crippen LogP contribution in [0.4, 0.5) is 5.69 Å². The van der Waals surface area contributed by atoms with Crippen LogP contribution in [0.2, 0.25) is 0 Å². The highest BCUT2D eigenvalue weighted by atomic mass is 16.1. The molecule has 2 aliphatic rings. The molecule has 130 valence electrons. The summed E-state index contributed by atoms with van der Waals surface area (Å²) in [4.78, 5) is 19.0. The van der Waals surface area contributed by atoms with Gasteiger partial charge in [0.1, 0.15) is 0 Å². The Labute approximate surface area is 149 Å². The first-order valence-corrected chi connectivity index (χ1v) is 9.32. The fourth-order valence-electron chi connectivity index (χ4n) is 3.85. The lowest BCUT2D eigenvalue weighted by Crippen LogP contribution is -2.41. The molecule has 1 saturated carbocycles. The van der Waals surface area contributed by atoms with E-state index in [9.17, 15) is 4.79 Å². The van der Waals surface area contributed by atoms with E-state index in [2.05, 4.69) is 33.4 Å². The monoisotopic (exact) mass is 335 g/mol. The molecular formula is C21H25N3O. The van der Waals surface area contributed by atoms with Crippen molar-refractivity contribution in [3.05, 3.63) is 59.4 Å². The van der Waals surface area contributed by atoms with Gasteiger partial charge in [-0.2, -0.15) is 0 Å². The molecular weight excluding hydrogens is 310 g/mol. The number of benzene rings is 1. The number of amides is 1. The van der Waals surface area contributed by atoms with Gasteiger partial charge in [-0.25, -0.2) is 0 Å². The van der Waals surface area contributed by atoms with Gasteiger partial charge in [-0.1, -0.05) is 24.6 Å². The number of carbonyl (C=O) groups excluding carboxylic acids is 1. The third kappa shape index (κ3) is 3.90. The minimum absolute atomic E-state index is 0.0117. The maximum Gasteiger partial charge on any atom is 0.228 e. The first-order chi connectivity index (χ1) is 12.3. The van der Waals surface area contributed by atoms with Crippen LogP contribution in [0.15, 0.2) is 42.7 Å². The molecule has 1 aromatic heterocycles. The summed E-state index contributed by atoms with van der Waals surface area (Å²) in [5, 5.41) is 2.91. The number of aromatic nitrogens is 1. The fourth-order valence-corrected chi connectivity index (χ4v) is 3.85. The van der Waals surface area contributed by atoms with E-state index in [1.165, 1.54) is 36.9 Å². The van der Waals surface area contributed by atoms with E-state index < -0.39 is 0 Å². The summed E-state index contributed by atoms with van der Waals surface area (Å²) in [6.07, 6.45) is 10.2. The lowest BCUT2D eigenvalue weighted by Gasteiger charge is -2.36. The second-order valence-corrected chi connectivity index (χ2v) is 7.19. The Morgan fingerprint density at radius 1 is 1.16 bits per heavy atom. The van der Waals surface area contributed by atoms with Crippen molar-refractivity contribution in [1.82, 2.24) is 9.88 Å². The molecule has 4 nitrogen and oxygen atoms in total. The van der Waals surface area contributed by atoms with Crippen molar-refractivity contribution in [1.29, 1.82) is 0 Å². The van der Waals surface area contributed by atoms with Crippen molar-refractivity contribution < 1.29 is 4.79 Å². The molecule has 1 amide bonds. The van der Waals surface area contributed by atoms with Gasteiger partial charge in [0.05, 0.1) is 18.3 Å².